The molecule has 142 valence electrons. The van der Waals surface area contributed by atoms with Gasteiger partial charge in [-0.3, -0.25) is 14.8 Å². The molecule has 2 N–H and O–H groups in total. The molecular weight excluding hydrogens is 340 g/mol. The Bertz CT molecular complexity index is 851. The first-order chi connectivity index (χ1) is 12.8. The zero-order valence-corrected chi connectivity index (χ0v) is 16.1. The van der Waals surface area contributed by atoms with Crippen LogP contribution in [0.25, 0.3) is 0 Å². The number of nitrogens with zero attached hydrogens (tertiary/aromatic N) is 1. The maximum atomic E-state index is 13.0. The summed E-state index contributed by atoms with van der Waals surface area (Å²) in [6.45, 7) is 7.66. The van der Waals surface area contributed by atoms with Crippen LogP contribution in [-0.4, -0.2) is 28.5 Å². The van der Waals surface area contributed by atoms with Gasteiger partial charge in [0.2, 0.25) is 0 Å². The highest BCUT2D eigenvalue weighted by Gasteiger charge is 2.22. The number of hydroxylamine groups is 1. The van der Waals surface area contributed by atoms with Gasteiger partial charge in [-0.25, -0.2) is 5.48 Å². The molecule has 2 aromatic rings. The minimum Gasteiger partial charge on any atom is -0.334 e. The quantitative estimate of drug-likeness (QED) is 0.629. The van der Waals surface area contributed by atoms with E-state index in [-0.39, 0.29) is 11.3 Å². The smallest absolute Gasteiger partial charge is 0.274 e. The fourth-order valence-electron chi connectivity index (χ4n) is 3.43. The third kappa shape index (κ3) is 4.19. The van der Waals surface area contributed by atoms with Crippen molar-refractivity contribution in [1.82, 2.24) is 10.4 Å². The van der Waals surface area contributed by atoms with Crippen LogP contribution in [0, 0.1) is 0 Å². The van der Waals surface area contributed by atoms with Crippen LogP contribution in [0.3, 0.4) is 0 Å². The fraction of sp³-hybridized carbons (Fsp3) is 0.364. The van der Waals surface area contributed by atoms with Crippen LogP contribution in [0.4, 0.5) is 0 Å². The summed E-state index contributed by atoms with van der Waals surface area (Å²) in [7, 11) is 0. The van der Waals surface area contributed by atoms with E-state index in [1.165, 1.54) is 5.56 Å². The Morgan fingerprint density at radius 2 is 1.67 bits per heavy atom. The van der Waals surface area contributed by atoms with Gasteiger partial charge in [-0.05, 0) is 59.2 Å². The molecule has 0 radical (unpaired) electrons. The topological polar surface area (TPSA) is 69.6 Å². The van der Waals surface area contributed by atoms with Gasteiger partial charge in [0.25, 0.3) is 11.8 Å². The Morgan fingerprint density at radius 3 is 2.30 bits per heavy atom. The van der Waals surface area contributed by atoms with E-state index in [1.807, 2.05) is 35.2 Å². The van der Waals surface area contributed by atoms with Crippen LogP contribution in [0.1, 0.15) is 64.6 Å². The third-order valence-electron chi connectivity index (χ3n) is 5.09. The molecule has 27 heavy (non-hydrogen) atoms. The molecule has 0 saturated carbocycles. The molecule has 0 bridgehead atoms. The van der Waals surface area contributed by atoms with Crippen LogP contribution in [0.15, 0.2) is 42.5 Å². The van der Waals surface area contributed by atoms with Crippen LogP contribution in [-0.2, 0) is 18.4 Å². The Morgan fingerprint density at radius 1 is 1.00 bits per heavy atom. The van der Waals surface area contributed by atoms with Crippen molar-refractivity contribution < 1.29 is 14.8 Å². The Hall–Kier alpha value is -2.66. The van der Waals surface area contributed by atoms with E-state index in [9.17, 15) is 9.59 Å². The molecule has 5 nitrogen and oxygen atoms in total. The predicted octanol–water partition coefficient (Wildman–Crippen LogP) is 3.69. The van der Waals surface area contributed by atoms with E-state index in [1.54, 1.807) is 17.6 Å². The van der Waals surface area contributed by atoms with E-state index in [2.05, 4.69) is 20.8 Å². The zero-order chi connectivity index (χ0) is 19.6. The number of nitrogens with one attached hydrogen (secondary N) is 1. The molecular formula is C22H26N2O3. The summed E-state index contributed by atoms with van der Waals surface area (Å²) < 4.78 is 0. The molecule has 0 spiro atoms. The first-order valence-corrected chi connectivity index (χ1v) is 9.25. The summed E-state index contributed by atoms with van der Waals surface area (Å²) in [5, 5.41) is 8.81. The maximum absolute atomic E-state index is 13.0. The van der Waals surface area contributed by atoms with E-state index in [4.69, 9.17) is 5.21 Å². The van der Waals surface area contributed by atoms with Gasteiger partial charge in [0.05, 0.1) is 0 Å². The molecule has 0 atom stereocenters. The van der Waals surface area contributed by atoms with Crippen molar-refractivity contribution >= 4 is 11.8 Å². The van der Waals surface area contributed by atoms with Crippen molar-refractivity contribution in [1.29, 1.82) is 0 Å². The van der Waals surface area contributed by atoms with Crippen LogP contribution in [0.5, 0.6) is 0 Å². The third-order valence-corrected chi connectivity index (χ3v) is 5.09. The fourth-order valence-corrected chi connectivity index (χ4v) is 3.43. The number of hydrogen-bond acceptors (Lipinski definition) is 3. The van der Waals surface area contributed by atoms with Crippen LogP contribution in [0.2, 0.25) is 0 Å². The molecule has 2 aromatic carbocycles. The summed E-state index contributed by atoms with van der Waals surface area (Å²) in [5.74, 6) is -0.491. The SMILES string of the molecule is CC(C)(C)c1ccc(C(=O)N2CCCc3cc(C(=O)NO)ccc3C2)cc1. The van der Waals surface area contributed by atoms with Crippen molar-refractivity contribution in [2.45, 2.75) is 45.6 Å². The number of fused-ring (bicyclic) bond motifs is 1. The predicted molar refractivity (Wildman–Crippen MR) is 104 cm³/mol. The van der Waals surface area contributed by atoms with Gasteiger partial charge in [0.15, 0.2) is 0 Å². The lowest BCUT2D eigenvalue weighted by atomic mass is 9.86. The average molecular weight is 366 g/mol. The second kappa shape index (κ2) is 7.53. The zero-order valence-electron chi connectivity index (χ0n) is 16.1. The van der Waals surface area contributed by atoms with Gasteiger partial charge < -0.3 is 4.90 Å². The first kappa shape index (κ1) is 19.1. The lowest BCUT2D eigenvalue weighted by molar-refractivity contribution is 0.0705. The lowest BCUT2D eigenvalue weighted by Crippen LogP contribution is -2.30. The second-order valence-corrected chi connectivity index (χ2v) is 8.08. The Labute approximate surface area is 160 Å². The van der Waals surface area contributed by atoms with E-state index >= 15 is 0 Å². The Balaban J connectivity index is 1.80. The number of amides is 2. The Kier molecular flexibility index (Phi) is 5.33. The summed E-state index contributed by atoms with van der Waals surface area (Å²) in [5.41, 5.74) is 6.14. The number of carbonyl (C=O) groups is 2. The monoisotopic (exact) mass is 366 g/mol. The maximum Gasteiger partial charge on any atom is 0.274 e. The molecule has 5 heteroatoms. The minimum absolute atomic E-state index is 0.0282. The second-order valence-electron chi connectivity index (χ2n) is 8.08. The van der Waals surface area contributed by atoms with Crippen molar-refractivity contribution in [2.24, 2.45) is 0 Å². The van der Waals surface area contributed by atoms with E-state index < -0.39 is 5.91 Å². The summed E-state index contributed by atoms with van der Waals surface area (Å²) in [6, 6.07) is 13.2. The molecule has 3 rings (SSSR count). The summed E-state index contributed by atoms with van der Waals surface area (Å²) in [6.07, 6.45) is 1.64. The standard InChI is InChI=1S/C22H26N2O3/c1-22(2,3)19-10-8-15(9-11-19)21(26)24-12-4-5-16-13-17(20(25)23-27)6-7-18(16)14-24/h6-11,13,27H,4-5,12,14H2,1-3H3,(H,23,25). The molecule has 1 aliphatic heterocycles. The van der Waals surface area contributed by atoms with E-state index in [0.717, 1.165) is 24.0 Å². The molecule has 0 saturated heterocycles. The largest absolute Gasteiger partial charge is 0.334 e. The molecule has 0 aliphatic carbocycles. The molecule has 0 fully saturated rings. The van der Waals surface area contributed by atoms with Gasteiger partial charge in [-0.1, -0.05) is 39.0 Å². The number of hydrogen-bond donors (Lipinski definition) is 2. The first-order valence-electron chi connectivity index (χ1n) is 9.25. The number of benzene rings is 2. The van der Waals surface area contributed by atoms with Crippen molar-refractivity contribution in [3.05, 3.63) is 70.3 Å². The van der Waals surface area contributed by atoms with Gasteiger partial charge >= 0.3 is 0 Å². The normalized spacial score (nSPS) is 14.3. The molecule has 0 aromatic heterocycles. The van der Waals surface area contributed by atoms with Gasteiger partial charge in [0, 0.05) is 24.2 Å². The molecule has 2 amide bonds. The van der Waals surface area contributed by atoms with Crippen molar-refractivity contribution in [3.8, 4) is 0 Å². The molecule has 1 heterocycles. The van der Waals surface area contributed by atoms with Gasteiger partial charge in [0.1, 0.15) is 0 Å². The number of rotatable bonds is 2. The summed E-state index contributed by atoms with van der Waals surface area (Å²) in [4.78, 5) is 26.5. The number of carbonyl (C=O) groups excluding carboxylic acids is 2. The van der Waals surface area contributed by atoms with Crippen LogP contribution < -0.4 is 5.48 Å². The molecule has 1 aliphatic rings. The van der Waals surface area contributed by atoms with Gasteiger partial charge in [-0.2, -0.15) is 0 Å². The number of aryl methyl sites for hydroxylation is 1. The highest BCUT2D eigenvalue weighted by molar-refractivity contribution is 5.95. The van der Waals surface area contributed by atoms with Crippen LogP contribution >= 0.6 is 0 Å². The lowest BCUT2D eigenvalue weighted by Gasteiger charge is -2.22. The van der Waals surface area contributed by atoms with Gasteiger partial charge in [-0.15, -0.1) is 0 Å². The van der Waals surface area contributed by atoms with E-state index in [0.29, 0.717) is 24.2 Å². The van der Waals surface area contributed by atoms with Crippen molar-refractivity contribution in [2.75, 3.05) is 6.54 Å². The highest BCUT2D eigenvalue weighted by Crippen LogP contribution is 2.24. The van der Waals surface area contributed by atoms with Crippen molar-refractivity contribution in [3.63, 3.8) is 0 Å². The summed E-state index contributed by atoms with van der Waals surface area (Å²) >= 11 is 0. The highest BCUT2D eigenvalue weighted by atomic mass is 16.5. The molecule has 0 unspecified atom stereocenters. The average Bonchev–Trinajstić information content (AvgIpc) is 2.88. The minimum atomic E-state index is -0.520.